The average molecular weight is 327 g/mol. The maximum atomic E-state index is 12.3. The Bertz CT molecular complexity index is 589. The minimum Gasteiger partial charge on any atom is -0.480 e. The molecule has 7 heteroatoms. The summed E-state index contributed by atoms with van der Waals surface area (Å²) in [4.78, 5) is 34.6. The van der Waals surface area contributed by atoms with E-state index in [1.165, 1.54) is 19.1 Å². The van der Waals surface area contributed by atoms with Crippen molar-refractivity contribution in [1.29, 1.82) is 0 Å². The number of carbonyl (C=O) groups excluding carboxylic acids is 2. The van der Waals surface area contributed by atoms with Gasteiger partial charge < -0.3 is 15.7 Å². The van der Waals surface area contributed by atoms with Crippen LogP contribution in [0.2, 0.25) is 5.02 Å². The molecule has 1 rings (SSSR count). The molecule has 6 nitrogen and oxygen atoms in total. The normalized spacial score (nSPS) is 13.1. The molecule has 2 atom stereocenters. The first kappa shape index (κ1) is 18.0. The van der Waals surface area contributed by atoms with E-state index in [4.69, 9.17) is 11.6 Å². The predicted octanol–water partition coefficient (Wildman–Crippen LogP) is 2.53. The molecule has 0 spiro atoms. The zero-order valence-electron chi connectivity index (χ0n) is 12.6. The maximum absolute atomic E-state index is 12.3. The van der Waals surface area contributed by atoms with E-state index in [0.717, 1.165) is 0 Å². The van der Waals surface area contributed by atoms with Crippen molar-refractivity contribution in [3.05, 3.63) is 28.8 Å². The number of benzene rings is 1. The molecule has 2 unspecified atom stereocenters. The standard InChI is InChI=1S/C15H19ClN2O4/c1-4-8(2)13(15(21)22)18-14(20)11-7-10(17-9(3)19)5-6-12(11)16/h5-8,13H,4H2,1-3H3,(H,17,19)(H,18,20)(H,21,22). The Labute approximate surface area is 133 Å². The number of hydrogen-bond acceptors (Lipinski definition) is 3. The summed E-state index contributed by atoms with van der Waals surface area (Å²) in [6.45, 7) is 4.93. The van der Waals surface area contributed by atoms with E-state index in [1.807, 2.05) is 6.92 Å². The molecule has 0 aromatic heterocycles. The summed E-state index contributed by atoms with van der Waals surface area (Å²) >= 11 is 5.98. The molecule has 0 radical (unpaired) electrons. The third-order valence-electron chi connectivity index (χ3n) is 3.30. The highest BCUT2D eigenvalue weighted by Crippen LogP contribution is 2.21. The van der Waals surface area contributed by atoms with Gasteiger partial charge in [-0.2, -0.15) is 0 Å². The van der Waals surface area contributed by atoms with Crippen LogP contribution in [0, 0.1) is 5.92 Å². The number of nitrogens with one attached hydrogen (secondary N) is 2. The number of carboxylic acids is 1. The lowest BCUT2D eigenvalue weighted by molar-refractivity contribution is -0.140. The maximum Gasteiger partial charge on any atom is 0.326 e. The third kappa shape index (κ3) is 4.73. The highest BCUT2D eigenvalue weighted by Gasteiger charge is 2.26. The van der Waals surface area contributed by atoms with Crippen molar-refractivity contribution in [2.75, 3.05) is 5.32 Å². The first-order chi connectivity index (χ1) is 10.3. The Balaban J connectivity index is 3.01. The second kappa shape index (κ2) is 7.79. The largest absolute Gasteiger partial charge is 0.480 e. The molecule has 1 aromatic carbocycles. The molecule has 0 aliphatic heterocycles. The molecule has 0 heterocycles. The van der Waals surface area contributed by atoms with E-state index in [2.05, 4.69) is 10.6 Å². The molecule has 0 saturated heterocycles. The smallest absolute Gasteiger partial charge is 0.326 e. The van der Waals surface area contributed by atoms with E-state index in [0.29, 0.717) is 12.1 Å². The second-order valence-electron chi connectivity index (χ2n) is 5.05. The fourth-order valence-electron chi connectivity index (χ4n) is 1.88. The third-order valence-corrected chi connectivity index (χ3v) is 3.63. The van der Waals surface area contributed by atoms with Crippen molar-refractivity contribution in [2.24, 2.45) is 5.92 Å². The van der Waals surface area contributed by atoms with Crippen LogP contribution in [-0.4, -0.2) is 28.9 Å². The summed E-state index contributed by atoms with van der Waals surface area (Å²) in [7, 11) is 0. The van der Waals surface area contributed by atoms with Gasteiger partial charge in [0.2, 0.25) is 5.91 Å². The molecular formula is C15H19ClN2O4. The Hall–Kier alpha value is -2.08. The van der Waals surface area contributed by atoms with Gasteiger partial charge in [0.25, 0.3) is 5.91 Å². The van der Waals surface area contributed by atoms with Crippen LogP contribution >= 0.6 is 11.6 Å². The number of anilines is 1. The van der Waals surface area contributed by atoms with E-state index < -0.39 is 17.9 Å². The summed E-state index contributed by atoms with van der Waals surface area (Å²) in [5.74, 6) is -2.20. The minimum atomic E-state index is -1.10. The lowest BCUT2D eigenvalue weighted by Gasteiger charge is -2.20. The van der Waals surface area contributed by atoms with Gasteiger partial charge in [-0.05, 0) is 24.1 Å². The molecule has 0 aliphatic rings. The Morgan fingerprint density at radius 3 is 2.45 bits per heavy atom. The lowest BCUT2D eigenvalue weighted by atomic mass is 9.99. The topological polar surface area (TPSA) is 95.5 Å². The van der Waals surface area contributed by atoms with Gasteiger partial charge in [-0.25, -0.2) is 4.79 Å². The van der Waals surface area contributed by atoms with Gasteiger partial charge in [0, 0.05) is 12.6 Å². The Kier molecular flexibility index (Phi) is 6.37. The van der Waals surface area contributed by atoms with Crippen molar-refractivity contribution in [3.8, 4) is 0 Å². The molecule has 0 aliphatic carbocycles. The van der Waals surface area contributed by atoms with E-state index in [-0.39, 0.29) is 22.4 Å². The monoisotopic (exact) mass is 326 g/mol. The first-order valence-electron chi connectivity index (χ1n) is 6.87. The van der Waals surface area contributed by atoms with Crippen LogP contribution in [0.1, 0.15) is 37.6 Å². The van der Waals surface area contributed by atoms with Gasteiger partial charge in [0.1, 0.15) is 6.04 Å². The van der Waals surface area contributed by atoms with Gasteiger partial charge in [-0.3, -0.25) is 9.59 Å². The van der Waals surface area contributed by atoms with E-state index in [9.17, 15) is 19.5 Å². The molecule has 0 bridgehead atoms. The summed E-state index contributed by atoms with van der Waals surface area (Å²) in [5.41, 5.74) is 0.528. The average Bonchev–Trinajstić information content (AvgIpc) is 2.44. The van der Waals surface area contributed by atoms with Crippen molar-refractivity contribution < 1.29 is 19.5 Å². The van der Waals surface area contributed by atoms with Crippen LogP contribution in [0.5, 0.6) is 0 Å². The molecule has 120 valence electrons. The minimum absolute atomic E-state index is 0.113. The number of rotatable bonds is 6. The summed E-state index contributed by atoms with van der Waals surface area (Å²) in [6, 6.07) is 3.44. The zero-order valence-corrected chi connectivity index (χ0v) is 13.4. The van der Waals surface area contributed by atoms with E-state index >= 15 is 0 Å². The van der Waals surface area contributed by atoms with Crippen LogP contribution in [0.15, 0.2) is 18.2 Å². The van der Waals surface area contributed by atoms with Crippen LogP contribution in [0.25, 0.3) is 0 Å². The summed E-state index contributed by atoms with van der Waals surface area (Å²) < 4.78 is 0. The van der Waals surface area contributed by atoms with Crippen LogP contribution in [-0.2, 0) is 9.59 Å². The van der Waals surface area contributed by atoms with Gasteiger partial charge in [0.15, 0.2) is 0 Å². The molecule has 0 saturated carbocycles. The van der Waals surface area contributed by atoms with Gasteiger partial charge in [-0.1, -0.05) is 31.9 Å². The van der Waals surface area contributed by atoms with Crippen molar-refractivity contribution in [2.45, 2.75) is 33.2 Å². The van der Waals surface area contributed by atoms with Gasteiger partial charge >= 0.3 is 5.97 Å². The summed E-state index contributed by atoms with van der Waals surface area (Å²) in [5, 5.41) is 14.4. The number of carboxylic acid groups (broad SMARTS) is 1. The predicted molar refractivity (Wildman–Crippen MR) is 84.1 cm³/mol. The molecule has 22 heavy (non-hydrogen) atoms. The van der Waals surface area contributed by atoms with Crippen molar-refractivity contribution in [3.63, 3.8) is 0 Å². The van der Waals surface area contributed by atoms with Crippen molar-refractivity contribution in [1.82, 2.24) is 5.32 Å². The van der Waals surface area contributed by atoms with Crippen LogP contribution in [0.4, 0.5) is 5.69 Å². The molecular weight excluding hydrogens is 308 g/mol. The molecule has 1 aromatic rings. The van der Waals surface area contributed by atoms with Crippen LogP contribution < -0.4 is 10.6 Å². The lowest BCUT2D eigenvalue weighted by Crippen LogP contribution is -2.45. The highest BCUT2D eigenvalue weighted by atomic mass is 35.5. The molecule has 3 N–H and O–H groups in total. The molecule has 0 fully saturated rings. The number of carbonyl (C=O) groups is 3. The van der Waals surface area contributed by atoms with Gasteiger partial charge in [-0.15, -0.1) is 0 Å². The SMILES string of the molecule is CCC(C)C(NC(=O)c1cc(NC(C)=O)ccc1Cl)C(=O)O. The Morgan fingerprint density at radius 1 is 1.32 bits per heavy atom. The number of hydrogen-bond donors (Lipinski definition) is 3. The number of halogens is 1. The van der Waals surface area contributed by atoms with E-state index in [1.54, 1.807) is 13.0 Å². The highest BCUT2D eigenvalue weighted by molar-refractivity contribution is 6.34. The van der Waals surface area contributed by atoms with Gasteiger partial charge in [0.05, 0.1) is 10.6 Å². The second-order valence-corrected chi connectivity index (χ2v) is 5.46. The summed E-state index contributed by atoms with van der Waals surface area (Å²) in [6.07, 6.45) is 0.608. The zero-order chi connectivity index (χ0) is 16.9. The fourth-order valence-corrected chi connectivity index (χ4v) is 2.09. The quantitative estimate of drug-likeness (QED) is 0.748. The fraction of sp³-hybridized carbons (Fsp3) is 0.400. The molecule has 2 amide bonds. The van der Waals surface area contributed by atoms with Crippen LogP contribution in [0.3, 0.4) is 0 Å². The number of amides is 2. The number of aliphatic carboxylic acids is 1. The Morgan fingerprint density at radius 2 is 1.95 bits per heavy atom. The first-order valence-corrected chi connectivity index (χ1v) is 7.24. The van der Waals surface area contributed by atoms with Crippen molar-refractivity contribution >= 4 is 35.1 Å².